The number of halogens is 2. The molecule has 1 aliphatic rings. The van der Waals surface area contributed by atoms with E-state index in [0.29, 0.717) is 25.4 Å². The summed E-state index contributed by atoms with van der Waals surface area (Å²) in [5.74, 6) is -1.14. The number of Topliss-reactive ketones (excluding diaryl/α,β-unsaturated/α-hetero) is 1. The summed E-state index contributed by atoms with van der Waals surface area (Å²) in [7, 11) is 0. The quantitative estimate of drug-likeness (QED) is 0.799. The first-order chi connectivity index (χ1) is 12.6. The second-order valence-electron chi connectivity index (χ2n) is 6.32. The molecule has 138 valence electrons. The van der Waals surface area contributed by atoms with E-state index < -0.39 is 5.82 Å². The molecule has 1 fully saturated rings. The van der Waals surface area contributed by atoms with Gasteiger partial charge in [-0.3, -0.25) is 9.69 Å². The lowest BCUT2D eigenvalue weighted by atomic mass is 10.0. The van der Waals surface area contributed by atoms with Crippen LogP contribution in [0.5, 0.6) is 0 Å². The van der Waals surface area contributed by atoms with Crippen molar-refractivity contribution < 1.29 is 18.3 Å². The lowest BCUT2D eigenvalue weighted by molar-refractivity contribution is 0.0187. The first-order valence-electron chi connectivity index (χ1n) is 8.67. The van der Waals surface area contributed by atoms with Crippen LogP contribution in [0, 0.1) is 11.6 Å². The van der Waals surface area contributed by atoms with Gasteiger partial charge in [-0.05, 0) is 36.8 Å². The van der Waals surface area contributed by atoms with Gasteiger partial charge >= 0.3 is 0 Å². The minimum absolute atomic E-state index is 0.0393. The van der Waals surface area contributed by atoms with Crippen molar-refractivity contribution in [3.8, 4) is 0 Å². The highest BCUT2D eigenvalue weighted by Gasteiger charge is 2.23. The molecule has 2 aromatic rings. The number of carbonyl (C=O) groups excluding carboxylic acids is 1. The number of ether oxygens (including phenoxy) is 1. The van der Waals surface area contributed by atoms with Gasteiger partial charge < -0.3 is 10.1 Å². The molecule has 26 heavy (non-hydrogen) atoms. The Balaban J connectivity index is 1.83. The number of morpholine rings is 1. The van der Waals surface area contributed by atoms with E-state index in [2.05, 4.69) is 10.2 Å². The second-order valence-corrected chi connectivity index (χ2v) is 6.32. The van der Waals surface area contributed by atoms with E-state index in [4.69, 9.17) is 4.74 Å². The summed E-state index contributed by atoms with van der Waals surface area (Å²) < 4.78 is 32.7. The van der Waals surface area contributed by atoms with E-state index in [1.54, 1.807) is 24.3 Å². The van der Waals surface area contributed by atoms with E-state index >= 15 is 0 Å². The van der Waals surface area contributed by atoms with Gasteiger partial charge in [-0.15, -0.1) is 0 Å². The molecule has 1 aliphatic heterocycles. The van der Waals surface area contributed by atoms with Crippen LogP contribution in [-0.4, -0.2) is 43.5 Å². The van der Waals surface area contributed by atoms with Gasteiger partial charge in [0.15, 0.2) is 5.78 Å². The minimum atomic E-state index is -0.535. The molecule has 1 saturated heterocycles. The highest BCUT2D eigenvalue weighted by atomic mass is 19.1. The summed E-state index contributed by atoms with van der Waals surface area (Å²) in [5.41, 5.74) is 1.49. The van der Waals surface area contributed by atoms with Crippen LogP contribution in [0.2, 0.25) is 0 Å². The number of hydrogen-bond donors (Lipinski definition) is 1. The normalized spacial score (nSPS) is 16.3. The Hall–Kier alpha value is -2.31. The predicted octanol–water partition coefficient (Wildman–Crippen LogP) is 3.65. The Morgan fingerprint density at radius 3 is 2.50 bits per heavy atom. The van der Waals surface area contributed by atoms with Gasteiger partial charge in [0.05, 0.1) is 24.8 Å². The van der Waals surface area contributed by atoms with Crippen molar-refractivity contribution in [2.24, 2.45) is 0 Å². The van der Waals surface area contributed by atoms with Crippen LogP contribution < -0.4 is 5.32 Å². The number of hydrogen-bond acceptors (Lipinski definition) is 4. The van der Waals surface area contributed by atoms with Crippen LogP contribution in [0.15, 0.2) is 42.5 Å². The number of carbonyl (C=O) groups is 1. The van der Waals surface area contributed by atoms with Crippen LogP contribution in [0.4, 0.5) is 14.5 Å². The second kappa shape index (κ2) is 8.38. The SMILES string of the molecule is CC(=O)c1c(F)cccc1NCC(c1ccc(F)cc1)N1CCOCC1. The first-order valence-corrected chi connectivity index (χ1v) is 8.67. The fourth-order valence-corrected chi connectivity index (χ4v) is 3.27. The van der Waals surface area contributed by atoms with E-state index in [1.165, 1.54) is 25.1 Å². The van der Waals surface area contributed by atoms with Crippen molar-refractivity contribution in [3.05, 3.63) is 65.2 Å². The number of rotatable bonds is 6. The van der Waals surface area contributed by atoms with Gasteiger partial charge in [0.1, 0.15) is 11.6 Å². The zero-order valence-corrected chi connectivity index (χ0v) is 14.7. The van der Waals surface area contributed by atoms with Crippen molar-refractivity contribution in [1.82, 2.24) is 4.90 Å². The van der Waals surface area contributed by atoms with Gasteiger partial charge in [-0.2, -0.15) is 0 Å². The van der Waals surface area contributed by atoms with E-state index in [0.717, 1.165) is 18.7 Å². The summed E-state index contributed by atoms with van der Waals surface area (Å²) in [6, 6.07) is 10.9. The number of nitrogens with zero attached hydrogens (tertiary/aromatic N) is 1. The van der Waals surface area contributed by atoms with Crippen LogP contribution in [0.3, 0.4) is 0 Å². The Morgan fingerprint density at radius 2 is 1.85 bits per heavy atom. The molecule has 0 aliphatic carbocycles. The molecule has 3 rings (SSSR count). The van der Waals surface area contributed by atoms with Crippen molar-refractivity contribution >= 4 is 11.5 Å². The highest BCUT2D eigenvalue weighted by molar-refractivity contribution is 5.99. The summed E-state index contributed by atoms with van der Waals surface area (Å²) >= 11 is 0. The average molecular weight is 360 g/mol. The molecule has 0 radical (unpaired) electrons. The third kappa shape index (κ3) is 4.26. The summed E-state index contributed by atoms with van der Waals surface area (Å²) in [4.78, 5) is 14.0. The molecule has 0 bridgehead atoms. The van der Waals surface area contributed by atoms with Crippen molar-refractivity contribution in [2.75, 3.05) is 38.2 Å². The number of anilines is 1. The third-order valence-corrected chi connectivity index (χ3v) is 4.59. The van der Waals surface area contributed by atoms with Crippen LogP contribution in [0.25, 0.3) is 0 Å². The molecular weight excluding hydrogens is 338 g/mol. The topological polar surface area (TPSA) is 41.6 Å². The van der Waals surface area contributed by atoms with Gasteiger partial charge in [0.25, 0.3) is 0 Å². The lowest BCUT2D eigenvalue weighted by Crippen LogP contribution is -2.41. The minimum Gasteiger partial charge on any atom is -0.382 e. The number of nitrogens with one attached hydrogen (secondary N) is 1. The molecule has 0 spiro atoms. The maximum atomic E-state index is 14.0. The van der Waals surface area contributed by atoms with E-state index in [-0.39, 0.29) is 23.2 Å². The van der Waals surface area contributed by atoms with Gasteiger partial charge in [0.2, 0.25) is 0 Å². The maximum absolute atomic E-state index is 14.0. The zero-order valence-electron chi connectivity index (χ0n) is 14.7. The van der Waals surface area contributed by atoms with E-state index in [9.17, 15) is 13.6 Å². The average Bonchev–Trinajstić information content (AvgIpc) is 2.64. The fraction of sp³-hybridized carbons (Fsp3) is 0.350. The van der Waals surface area contributed by atoms with Gasteiger partial charge in [-0.1, -0.05) is 18.2 Å². The number of ketones is 1. The van der Waals surface area contributed by atoms with Gasteiger partial charge in [0, 0.05) is 25.3 Å². The zero-order chi connectivity index (χ0) is 18.5. The molecule has 0 aromatic heterocycles. The molecule has 6 heteroatoms. The Morgan fingerprint density at radius 1 is 1.15 bits per heavy atom. The summed E-state index contributed by atoms with van der Waals surface area (Å²) in [5, 5.41) is 3.21. The monoisotopic (exact) mass is 360 g/mol. The first kappa shape index (κ1) is 18.5. The van der Waals surface area contributed by atoms with Crippen LogP contribution in [0.1, 0.15) is 28.9 Å². The molecule has 0 saturated carbocycles. The van der Waals surface area contributed by atoms with E-state index in [1.807, 2.05) is 0 Å². The molecule has 1 unspecified atom stereocenters. The Bertz CT molecular complexity index is 759. The maximum Gasteiger partial charge on any atom is 0.164 e. The molecular formula is C20H22F2N2O2. The largest absolute Gasteiger partial charge is 0.382 e. The molecule has 1 atom stereocenters. The van der Waals surface area contributed by atoms with Crippen molar-refractivity contribution in [2.45, 2.75) is 13.0 Å². The molecule has 0 amide bonds. The highest BCUT2D eigenvalue weighted by Crippen LogP contribution is 2.25. The van der Waals surface area contributed by atoms with Crippen LogP contribution >= 0.6 is 0 Å². The van der Waals surface area contributed by atoms with Crippen molar-refractivity contribution in [1.29, 1.82) is 0 Å². The smallest absolute Gasteiger partial charge is 0.164 e. The summed E-state index contributed by atoms with van der Waals surface area (Å²) in [6.45, 7) is 4.60. The molecule has 1 N–H and O–H groups in total. The lowest BCUT2D eigenvalue weighted by Gasteiger charge is -2.35. The summed E-state index contributed by atoms with van der Waals surface area (Å²) in [6.07, 6.45) is 0. The Kier molecular flexibility index (Phi) is 5.96. The third-order valence-electron chi connectivity index (χ3n) is 4.59. The molecule has 2 aromatic carbocycles. The molecule has 1 heterocycles. The van der Waals surface area contributed by atoms with Crippen molar-refractivity contribution in [3.63, 3.8) is 0 Å². The number of benzene rings is 2. The Labute approximate surface area is 151 Å². The van der Waals surface area contributed by atoms with Crippen LogP contribution in [-0.2, 0) is 4.74 Å². The fourth-order valence-electron chi connectivity index (χ4n) is 3.27. The molecule has 4 nitrogen and oxygen atoms in total. The standard InChI is InChI=1S/C20H22F2N2O2/c1-14(25)20-17(22)3-2-4-18(20)23-13-19(24-9-11-26-12-10-24)15-5-7-16(21)8-6-15/h2-8,19,23H,9-13H2,1H3. The predicted molar refractivity (Wildman–Crippen MR) is 96.4 cm³/mol. The van der Waals surface area contributed by atoms with Gasteiger partial charge in [-0.25, -0.2) is 8.78 Å².